The Hall–Kier alpha value is -0.930. The highest BCUT2D eigenvalue weighted by atomic mass is 35.5. The summed E-state index contributed by atoms with van der Waals surface area (Å²) in [5.74, 6) is 0.679. The van der Waals surface area contributed by atoms with Crippen LogP contribution in [0.15, 0.2) is 12.1 Å². The Labute approximate surface area is 84.6 Å². The molecule has 0 fully saturated rings. The zero-order valence-electron chi connectivity index (χ0n) is 6.77. The first-order valence-corrected chi connectivity index (χ1v) is 4.35. The van der Waals surface area contributed by atoms with E-state index in [1.165, 1.54) is 0 Å². The van der Waals surface area contributed by atoms with E-state index in [-0.39, 0.29) is 0 Å². The van der Waals surface area contributed by atoms with Gasteiger partial charge in [-0.2, -0.15) is 0 Å². The van der Waals surface area contributed by atoms with E-state index in [9.17, 15) is 0 Å². The van der Waals surface area contributed by atoms with Crippen molar-refractivity contribution in [2.75, 3.05) is 7.11 Å². The van der Waals surface area contributed by atoms with Gasteiger partial charge in [0.25, 0.3) is 0 Å². The van der Waals surface area contributed by atoms with Gasteiger partial charge >= 0.3 is 0 Å². The average molecular weight is 217 g/mol. The number of aromatic amines is 1. The monoisotopic (exact) mass is 216 g/mol. The molecule has 0 amide bonds. The van der Waals surface area contributed by atoms with Crippen LogP contribution in [0.2, 0.25) is 10.3 Å². The van der Waals surface area contributed by atoms with Crippen LogP contribution >= 0.6 is 23.2 Å². The fourth-order valence-electron chi connectivity index (χ4n) is 1.18. The molecule has 2 aromatic rings. The molecule has 3 nitrogen and oxygen atoms in total. The van der Waals surface area contributed by atoms with E-state index in [2.05, 4.69) is 9.97 Å². The van der Waals surface area contributed by atoms with E-state index in [4.69, 9.17) is 27.9 Å². The van der Waals surface area contributed by atoms with E-state index in [1.807, 2.05) is 0 Å². The molecular formula is C8H6Cl2N2O. The average Bonchev–Trinajstić information content (AvgIpc) is 2.48. The fraction of sp³-hybridized carbons (Fsp3) is 0.125. The highest BCUT2D eigenvalue weighted by molar-refractivity contribution is 6.36. The lowest BCUT2D eigenvalue weighted by molar-refractivity contribution is 0.419. The molecule has 5 heteroatoms. The van der Waals surface area contributed by atoms with Crippen molar-refractivity contribution < 1.29 is 4.74 Å². The Morgan fingerprint density at radius 3 is 2.85 bits per heavy atom. The normalized spacial score (nSPS) is 10.7. The number of nitrogens with zero attached hydrogens (tertiary/aromatic N) is 1. The number of halogens is 2. The van der Waals surface area contributed by atoms with E-state index < -0.39 is 0 Å². The Kier molecular flexibility index (Phi) is 2.06. The molecule has 0 spiro atoms. The van der Waals surface area contributed by atoms with Gasteiger partial charge in [-0.1, -0.05) is 11.6 Å². The molecule has 0 saturated heterocycles. The third-order valence-corrected chi connectivity index (χ3v) is 2.23. The van der Waals surface area contributed by atoms with Gasteiger partial charge < -0.3 is 9.72 Å². The van der Waals surface area contributed by atoms with Crippen molar-refractivity contribution >= 4 is 34.2 Å². The molecule has 0 aliphatic carbocycles. The largest absolute Gasteiger partial charge is 0.494 e. The number of H-pyrrole nitrogens is 1. The van der Waals surface area contributed by atoms with Gasteiger partial charge in [0, 0.05) is 0 Å². The second-order valence-corrected chi connectivity index (χ2v) is 3.27. The summed E-state index contributed by atoms with van der Waals surface area (Å²) in [7, 11) is 1.58. The van der Waals surface area contributed by atoms with Crippen LogP contribution in [0.3, 0.4) is 0 Å². The molecule has 68 valence electrons. The fourth-order valence-corrected chi connectivity index (χ4v) is 1.56. The SMILES string of the molecule is COc1ccc(Cl)c2nc(Cl)[nH]c12. The minimum atomic E-state index is 0.307. The number of ether oxygens (including phenoxy) is 1. The quantitative estimate of drug-likeness (QED) is 0.797. The number of nitrogens with one attached hydrogen (secondary N) is 1. The van der Waals surface area contributed by atoms with Gasteiger partial charge in [0.15, 0.2) is 0 Å². The summed E-state index contributed by atoms with van der Waals surface area (Å²) in [6.07, 6.45) is 0. The molecule has 13 heavy (non-hydrogen) atoms. The van der Waals surface area contributed by atoms with Crippen LogP contribution < -0.4 is 4.74 Å². The Morgan fingerprint density at radius 2 is 2.15 bits per heavy atom. The molecular weight excluding hydrogens is 211 g/mol. The topological polar surface area (TPSA) is 37.9 Å². The Bertz CT molecular complexity index is 453. The highest BCUT2D eigenvalue weighted by Gasteiger charge is 2.09. The molecule has 2 rings (SSSR count). The minimum Gasteiger partial charge on any atom is -0.494 e. The molecule has 0 bridgehead atoms. The number of imidazole rings is 1. The number of benzene rings is 1. The molecule has 0 saturated carbocycles. The predicted octanol–water partition coefficient (Wildman–Crippen LogP) is 2.88. The van der Waals surface area contributed by atoms with Gasteiger partial charge in [-0.15, -0.1) is 0 Å². The molecule has 0 atom stereocenters. The number of fused-ring (bicyclic) bond motifs is 1. The van der Waals surface area contributed by atoms with Crippen molar-refractivity contribution in [2.45, 2.75) is 0 Å². The van der Waals surface area contributed by atoms with Gasteiger partial charge in [-0.25, -0.2) is 4.98 Å². The highest BCUT2D eigenvalue weighted by Crippen LogP contribution is 2.30. The Morgan fingerprint density at radius 1 is 1.38 bits per heavy atom. The van der Waals surface area contributed by atoms with Gasteiger partial charge in [0.05, 0.1) is 12.1 Å². The maximum atomic E-state index is 5.90. The summed E-state index contributed by atoms with van der Waals surface area (Å²) in [6, 6.07) is 3.49. The first-order valence-electron chi connectivity index (χ1n) is 3.60. The zero-order valence-corrected chi connectivity index (χ0v) is 8.28. The van der Waals surface area contributed by atoms with Gasteiger partial charge in [-0.3, -0.25) is 0 Å². The van der Waals surface area contributed by atoms with Crippen molar-refractivity contribution in [3.05, 3.63) is 22.4 Å². The molecule has 1 aromatic heterocycles. The number of methoxy groups -OCH3 is 1. The number of rotatable bonds is 1. The van der Waals surface area contributed by atoms with Crippen LogP contribution in [0.4, 0.5) is 0 Å². The summed E-state index contributed by atoms with van der Waals surface area (Å²) in [4.78, 5) is 6.88. The lowest BCUT2D eigenvalue weighted by Gasteiger charge is -2.00. The van der Waals surface area contributed by atoms with Crippen molar-refractivity contribution in [1.29, 1.82) is 0 Å². The maximum absolute atomic E-state index is 5.90. The third kappa shape index (κ3) is 1.34. The van der Waals surface area contributed by atoms with Gasteiger partial charge in [0.2, 0.25) is 5.28 Å². The molecule has 0 aliphatic heterocycles. The Balaban J connectivity index is 2.83. The smallest absolute Gasteiger partial charge is 0.201 e. The molecule has 0 unspecified atom stereocenters. The van der Waals surface area contributed by atoms with E-state index in [1.54, 1.807) is 19.2 Å². The van der Waals surface area contributed by atoms with Crippen LogP contribution in [0.25, 0.3) is 11.0 Å². The summed E-state index contributed by atoms with van der Waals surface area (Å²) in [5, 5.41) is 0.861. The predicted molar refractivity (Wildman–Crippen MR) is 52.7 cm³/mol. The van der Waals surface area contributed by atoms with Crippen LogP contribution in [-0.4, -0.2) is 17.1 Å². The van der Waals surface area contributed by atoms with E-state index in [0.717, 1.165) is 5.52 Å². The van der Waals surface area contributed by atoms with Crippen molar-refractivity contribution in [3.63, 3.8) is 0 Å². The van der Waals surface area contributed by atoms with Crippen molar-refractivity contribution in [3.8, 4) is 5.75 Å². The molecule has 1 aromatic carbocycles. The van der Waals surface area contributed by atoms with Crippen LogP contribution in [0.1, 0.15) is 0 Å². The summed E-state index contributed by atoms with van der Waals surface area (Å²) in [6.45, 7) is 0. The number of aromatic nitrogens is 2. The van der Waals surface area contributed by atoms with Gasteiger partial charge in [0.1, 0.15) is 16.8 Å². The summed E-state index contributed by atoms with van der Waals surface area (Å²) < 4.78 is 5.11. The zero-order chi connectivity index (χ0) is 9.42. The summed E-state index contributed by atoms with van der Waals surface area (Å²) in [5.41, 5.74) is 1.35. The summed E-state index contributed by atoms with van der Waals surface area (Å²) >= 11 is 11.6. The molecule has 0 radical (unpaired) electrons. The lowest BCUT2D eigenvalue weighted by atomic mass is 10.3. The second-order valence-electron chi connectivity index (χ2n) is 2.50. The minimum absolute atomic E-state index is 0.307. The van der Waals surface area contributed by atoms with Crippen molar-refractivity contribution in [1.82, 2.24) is 9.97 Å². The lowest BCUT2D eigenvalue weighted by Crippen LogP contribution is -1.84. The maximum Gasteiger partial charge on any atom is 0.201 e. The number of hydrogen-bond acceptors (Lipinski definition) is 2. The standard InChI is InChI=1S/C8H6Cl2N2O/c1-13-5-3-2-4(9)6-7(5)12-8(10)11-6/h2-3H,1H3,(H,11,12). The van der Waals surface area contributed by atoms with E-state index in [0.29, 0.717) is 21.6 Å². The molecule has 1 N–H and O–H groups in total. The van der Waals surface area contributed by atoms with Crippen LogP contribution in [0, 0.1) is 0 Å². The van der Waals surface area contributed by atoms with Crippen LogP contribution in [-0.2, 0) is 0 Å². The van der Waals surface area contributed by atoms with Gasteiger partial charge in [-0.05, 0) is 23.7 Å². The molecule has 0 aliphatic rings. The first-order chi connectivity index (χ1) is 6.22. The van der Waals surface area contributed by atoms with Crippen LogP contribution in [0.5, 0.6) is 5.75 Å². The molecule has 1 heterocycles. The first kappa shape index (κ1) is 8.66. The second kappa shape index (κ2) is 3.09. The number of hydrogen-bond donors (Lipinski definition) is 1. The van der Waals surface area contributed by atoms with Crippen molar-refractivity contribution in [2.24, 2.45) is 0 Å². The van der Waals surface area contributed by atoms with E-state index >= 15 is 0 Å². The third-order valence-electron chi connectivity index (χ3n) is 1.75.